The van der Waals surface area contributed by atoms with Crippen LogP contribution in [0.3, 0.4) is 0 Å². The second-order valence-electron chi connectivity index (χ2n) is 7.54. The number of nitrogens with zero attached hydrogens (tertiary/aromatic N) is 1. The Bertz CT molecular complexity index is 522. The summed E-state index contributed by atoms with van der Waals surface area (Å²) < 4.78 is 0. The molecular weight excluding hydrogens is 296 g/mol. The van der Waals surface area contributed by atoms with Crippen molar-refractivity contribution in [2.75, 3.05) is 19.6 Å². The van der Waals surface area contributed by atoms with Crippen molar-refractivity contribution in [2.24, 2.45) is 5.92 Å². The predicted molar refractivity (Wildman–Crippen MR) is 98.9 cm³/mol. The summed E-state index contributed by atoms with van der Waals surface area (Å²) >= 11 is 0. The summed E-state index contributed by atoms with van der Waals surface area (Å²) in [5, 5.41) is 3.12. The Kier molecular flexibility index (Phi) is 6.71. The second kappa shape index (κ2) is 9.22. The molecule has 0 atom stereocenters. The van der Waals surface area contributed by atoms with Crippen LogP contribution in [-0.4, -0.2) is 30.4 Å². The Hall–Kier alpha value is -1.35. The average molecular weight is 328 g/mol. The summed E-state index contributed by atoms with van der Waals surface area (Å²) in [5.41, 5.74) is 2.98. The van der Waals surface area contributed by atoms with Crippen molar-refractivity contribution >= 4 is 5.91 Å². The fourth-order valence-electron chi connectivity index (χ4n) is 4.17. The van der Waals surface area contributed by atoms with E-state index in [4.69, 9.17) is 0 Å². The Morgan fingerprint density at radius 1 is 1.12 bits per heavy atom. The number of fused-ring (bicyclic) bond motifs is 1. The van der Waals surface area contributed by atoms with Crippen molar-refractivity contribution in [1.82, 2.24) is 10.2 Å². The minimum absolute atomic E-state index is 0.254. The second-order valence-corrected chi connectivity index (χ2v) is 7.54. The van der Waals surface area contributed by atoms with E-state index in [0.29, 0.717) is 0 Å². The number of amides is 1. The van der Waals surface area contributed by atoms with E-state index in [1.165, 1.54) is 43.2 Å². The maximum absolute atomic E-state index is 12.0. The lowest BCUT2D eigenvalue weighted by atomic mass is 9.86. The van der Waals surface area contributed by atoms with Gasteiger partial charge in [-0.2, -0.15) is 0 Å². The highest BCUT2D eigenvalue weighted by Crippen LogP contribution is 2.27. The van der Waals surface area contributed by atoms with Crippen molar-refractivity contribution < 1.29 is 4.79 Å². The first kappa shape index (κ1) is 17.5. The van der Waals surface area contributed by atoms with Crippen molar-refractivity contribution in [3.8, 4) is 0 Å². The molecule has 1 amide bonds. The molecule has 1 heterocycles. The van der Waals surface area contributed by atoms with Crippen LogP contribution in [0.5, 0.6) is 0 Å². The SMILES string of the molecule is O=C(CCC1CCCCC1)NCCCN1CCc2ccccc2C1. The van der Waals surface area contributed by atoms with Crippen LogP contribution < -0.4 is 5.32 Å². The summed E-state index contributed by atoms with van der Waals surface area (Å²) in [6.07, 6.45) is 10.8. The van der Waals surface area contributed by atoms with Gasteiger partial charge in [0.15, 0.2) is 0 Å². The van der Waals surface area contributed by atoms with E-state index in [9.17, 15) is 4.79 Å². The van der Waals surface area contributed by atoms with Gasteiger partial charge in [-0.15, -0.1) is 0 Å². The van der Waals surface area contributed by atoms with Gasteiger partial charge in [-0.1, -0.05) is 56.4 Å². The molecule has 1 aliphatic heterocycles. The number of carbonyl (C=O) groups excluding carboxylic acids is 1. The smallest absolute Gasteiger partial charge is 0.220 e. The number of carbonyl (C=O) groups is 1. The summed E-state index contributed by atoms with van der Waals surface area (Å²) in [5.74, 6) is 1.06. The van der Waals surface area contributed by atoms with Gasteiger partial charge in [-0.3, -0.25) is 9.69 Å². The van der Waals surface area contributed by atoms with Gasteiger partial charge in [0.05, 0.1) is 0 Å². The van der Waals surface area contributed by atoms with E-state index in [2.05, 4.69) is 34.5 Å². The third-order valence-electron chi connectivity index (χ3n) is 5.69. The Morgan fingerprint density at radius 3 is 2.75 bits per heavy atom. The predicted octanol–water partition coefficient (Wildman–Crippen LogP) is 3.91. The van der Waals surface area contributed by atoms with Gasteiger partial charge in [0.1, 0.15) is 0 Å². The van der Waals surface area contributed by atoms with E-state index in [1.807, 2.05) is 0 Å². The largest absolute Gasteiger partial charge is 0.356 e. The molecule has 0 bridgehead atoms. The molecule has 0 unspecified atom stereocenters. The molecule has 0 spiro atoms. The van der Waals surface area contributed by atoms with Crippen LogP contribution >= 0.6 is 0 Å². The van der Waals surface area contributed by atoms with E-state index in [0.717, 1.165) is 57.8 Å². The van der Waals surface area contributed by atoms with Crippen molar-refractivity contribution in [2.45, 2.75) is 64.3 Å². The third kappa shape index (κ3) is 5.34. The standard InChI is InChI=1S/C21H32N2O/c24-21(12-11-18-7-2-1-3-8-18)22-14-6-15-23-16-13-19-9-4-5-10-20(19)17-23/h4-5,9-10,18H,1-3,6-8,11-17H2,(H,22,24). The highest BCUT2D eigenvalue weighted by atomic mass is 16.1. The van der Waals surface area contributed by atoms with E-state index < -0.39 is 0 Å². The van der Waals surface area contributed by atoms with Gasteiger partial charge < -0.3 is 5.32 Å². The maximum Gasteiger partial charge on any atom is 0.220 e. The molecule has 3 nitrogen and oxygen atoms in total. The molecule has 132 valence electrons. The summed E-state index contributed by atoms with van der Waals surface area (Å²) in [7, 11) is 0. The molecule has 0 radical (unpaired) electrons. The van der Waals surface area contributed by atoms with Crippen molar-refractivity contribution in [1.29, 1.82) is 0 Å². The zero-order valence-corrected chi connectivity index (χ0v) is 14.9. The van der Waals surface area contributed by atoms with Gasteiger partial charge in [-0.05, 0) is 36.3 Å². The lowest BCUT2D eigenvalue weighted by molar-refractivity contribution is -0.121. The fraction of sp³-hybridized carbons (Fsp3) is 0.667. The lowest BCUT2D eigenvalue weighted by Crippen LogP contribution is -2.33. The summed E-state index contributed by atoms with van der Waals surface area (Å²) in [6, 6.07) is 8.76. The molecule has 1 aromatic rings. The third-order valence-corrected chi connectivity index (χ3v) is 5.69. The van der Waals surface area contributed by atoms with Gasteiger partial charge in [-0.25, -0.2) is 0 Å². The average Bonchev–Trinajstić information content (AvgIpc) is 2.64. The van der Waals surface area contributed by atoms with Gasteiger partial charge in [0.2, 0.25) is 5.91 Å². The number of rotatable bonds is 7. The zero-order valence-electron chi connectivity index (χ0n) is 14.9. The Labute approximate surface area is 146 Å². The van der Waals surface area contributed by atoms with Crippen LogP contribution in [0.1, 0.15) is 62.5 Å². The molecule has 1 aromatic carbocycles. The topological polar surface area (TPSA) is 32.3 Å². The lowest BCUT2D eigenvalue weighted by Gasteiger charge is -2.28. The fourth-order valence-corrected chi connectivity index (χ4v) is 4.17. The summed E-state index contributed by atoms with van der Waals surface area (Å²) in [4.78, 5) is 14.5. The molecular formula is C21H32N2O. The molecule has 3 heteroatoms. The number of hydrogen-bond acceptors (Lipinski definition) is 2. The Balaban J connectivity index is 1.26. The van der Waals surface area contributed by atoms with Crippen LogP contribution in [0, 0.1) is 5.92 Å². The molecule has 0 saturated heterocycles. The minimum atomic E-state index is 0.254. The number of nitrogens with one attached hydrogen (secondary N) is 1. The van der Waals surface area contributed by atoms with E-state index >= 15 is 0 Å². The Morgan fingerprint density at radius 2 is 1.92 bits per heavy atom. The normalized spacial score (nSPS) is 19.0. The first-order valence-corrected chi connectivity index (χ1v) is 9.87. The number of benzene rings is 1. The maximum atomic E-state index is 12.0. The molecule has 2 aliphatic rings. The van der Waals surface area contributed by atoms with Crippen LogP contribution in [0.15, 0.2) is 24.3 Å². The van der Waals surface area contributed by atoms with E-state index in [1.54, 1.807) is 0 Å². The zero-order chi connectivity index (χ0) is 16.6. The minimum Gasteiger partial charge on any atom is -0.356 e. The first-order chi connectivity index (χ1) is 11.8. The van der Waals surface area contributed by atoms with Crippen LogP contribution in [0.25, 0.3) is 0 Å². The highest BCUT2D eigenvalue weighted by molar-refractivity contribution is 5.75. The molecule has 1 saturated carbocycles. The molecule has 3 rings (SSSR count). The molecule has 1 aliphatic carbocycles. The monoisotopic (exact) mass is 328 g/mol. The van der Waals surface area contributed by atoms with Crippen LogP contribution in [0.4, 0.5) is 0 Å². The molecule has 24 heavy (non-hydrogen) atoms. The summed E-state index contributed by atoms with van der Waals surface area (Å²) in [6.45, 7) is 4.11. The van der Waals surface area contributed by atoms with Crippen LogP contribution in [0.2, 0.25) is 0 Å². The molecule has 1 fully saturated rings. The quantitative estimate of drug-likeness (QED) is 0.770. The first-order valence-electron chi connectivity index (χ1n) is 9.87. The molecule has 0 aromatic heterocycles. The van der Waals surface area contributed by atoms with Crippen LogP contribution in [-0.2, 0) is 17.8 Å². The van der Waals surface area contributed by atoms with Crippen molar-refractivity contribution in [3.63, 3.8) is 0 Å². The van der Waals surface area contributed by atoms with Gasteiger partial charge in [0, 0.05) is 32.6 Å². The van der Waals surface area contributed by atoms with E-state index in [-0.39, 0.29) is 5.91 Å². The molecule has 1 N–H and O–H groups in total. The van der Waals surface area contributed by atoms with Crippen molar-refractivity contribution in [3.05, 3.63) is 35.4 Å². The van der Waals surface area contributed by atoms with Gasteiger partial charge >= 0.3 is 0 Å². The number of hydrogen-bond donors (Lipinski definition) is 1. The van der Waals surface area contributed by atoms with Gasteiger partial charge in [0.25, 0.3) is 0 Å². The highest BCUT2D eigenvalue weighted by Gasteiger charge is 2.16.